The quantitative estimate of drug-likeness (QED) is 0.836. The van der Waals surface area contributed by atoms with Crippen molar-refractivity contribution in [2.75, 3.05) is 0 Å². The van der Waals surface area contributed by atoms with Crippen LogP contribution in [0.4, 0.5) is 0 Å². The van der Waals surface area contributed by atoms with E-state index in [1.54, 1.807) is 12.4 Å². The molecule has 2 aromatic rings. The van der Waals surface area contributed by atoms with Crippen molar-refractivity contribution < 1.29 is 4.74 Å². The Morgan fingerprint density at radius 3 is 2.78 bits per heavy atom. The van der Waals surface area contributed by atoms with Gasteiger partial charge in [0.1, 0.15) is 18.1 Å². The van der Waals surface area contributed by atoms with E-state index in [2.05, 4.69) is 40.7 Å². The topological polar surface area (TPSA) is 63.7 Å². The Morgan fingerprint density at radius 1 is 1.22 bits per heavy atom. The number of hydrogen-bond donors (Lipinski definition) is 1. The molecule has 0 spiro atoms. The molecule has 0 aliphatic carbocycles. The molecule has 0 saturated heterocycles. The van der Waals surface area contributed by atoms with Crippen LogP contribution in [0.3, 0.4) is 0 Å². The van der Waals surface area contributed by atoms with Crippen LogP contribution < -0.4 is 4.74 Å². The molecule has 5 heteroatoms. The maximum atomic E-state index is 5.55. The monoisotopic (exact) mass is 244 g/mol. The van der Waals surface area contributed by atoms with Gasteiger partial charge in [-0.3, -0.25) is 0 Å². The summed E-state index contributed by atoms with van der Waals surface area (Å²) in [6, 6.07) is 0. The normalized spacial score (nSPS) is 13.7. The Morgan fingerprint density at radius 2 is 2.00 bits per heavy atom. The number of H-pyrrole nitrogens is 1. The smallest absolute Gasteiger partial charge is 0.242 e. The molecule has 3 rings (SSSR count). The SMILES string of the molecule is CC(C)(C)Cc1nc2c([nH]1)COc1nccnc1-2. The second-order valence-corrected chi connectivity index (χ2v) is 5.75. The summed E-state index contributed by atoms with van der Waals surface area (Å²) < 4.78 is 5.55. The third-order valence-electron chi connectivity index (χ3n) is 2.77. The van der Waals surface area contributed by atoms with Crippen molar-refractivity contribution in [3.63, 3.8) is 0 Å². The van der Waals surface area contributed by atoms with Crippen molar-refractivity contribution >= 4 is 0 Å². The molecule has 3 heterocycles. The van der Waals surface area contributed by atoms with Gasteiger partial charge in [0.15, 0.2) is 5.69 Å². The van der Waals surface area contributed by atoms with Crippen LogP contribution in [0.15, 0.2) is 12.4 Å². The number of hydrogen-bond acceptors (Lipinski definition) is 4. The fourth-order valence-corrected chi connectivity index (χ4v) is 2.08. The predicted octanol–water partition coefficient (Wildman–Crippen LogP) is 2.35. The maximum Gasteiger partial charge on any atom is 0.242 e. The van der Waals surface area contributed by atoms with E-state index in [0.717, 1.165) is 29.3 Å². The summed E-state index contributed by atoms with van der Waals surface area (Å²) in [7, 11) is 0. The first-order valence-electron chi connectivity index (χ1n) is 6.05. The summed E-state index contributed by atoms with van der Waals surface area (Å²) >= 11 is 0. The summed E-state index contributed by atoms with van der Waals surface area (Å²) in [6.45, 7) is 7.06. The molecule has 2 aromatic heterocycles. The van der Waals surface area contributed by atoms with E-state index in [1.165, 1.54) is 0 Å². The second kappa shape index (κ2) is 3.80. The summed E-state index contributed by atoms with van der Waals surface area (Å²) in [4.78, 5) is 16.4. The minimum Gasteiger partial charge on any atom is -0.470 e. The lowest BCUT2D eigenvalue weighted by Gasteiger charge is -2.15. The molecule has 18 heavy (non-hydrogen) atoms. The van der Waals surface area contributed by atoms with Crippen molar-refractivity contribution in [2.45, 2.75) is 33.8 Å². The summed E-state index contributed by atoms with van der Waals surface area (Å²) in [5, 5.41) is 0. The Balaban J connectivity index is 2.02. The highest BCUT2D eigenvalue weighted by Crippen LogP contribution is 2.33. The van der Waals surface area contributed by atoms with Gasteiger partial charge in [-0.15, -0.1) is 0 Å². The van der Waals surface area contributed by atoms with Crippen LogP contribution in [0.25, 0.3) is 11.4 Å². The lowest BCUT2D eigenvalue weighted by Crippen LogP contribution is -2.10. The van der Waals surface area contributed by atoms with Gasteiger partial charge in [0.05, 0.1) is 5.69 Å². The largest absolute Gasteiger partial charge is 0.470 e. The van der Waals surface area contributed by atoms with Crippen LogP contribution in [0.2, 0.25) is 0 Å². The maximum absolute atomic E-state index is 5.55. The Kier molecular flexibility index (Phi) is 2.36. The number of aromatic nitrogens is 4. The highest BCUT2D eigenvalue weighted by atomic mass is 16.5. The van der Waals surface area contributed by atoms with Gasteiger partial charge in [0, 0.05) is 18.8 Å². The first kappa shape index (κ1) is 11.2. The molecule has 0 atom stereocenters. The van der Waals surface area contributed by atoms with Crippen molar-refractivity contribution in [1.82, 2.24) is 19.9 Å². The number of fused-ring (bicyclic) bond motifs is 3. The van der Waals surface area contributed by atoms with Crippen LogP contribution in [0, 0.1) is 5.41 Å². The molecule has 0 bridgehead atoms. The first-order valence-corrected chi connectivity index (χ1v) is 6.05. The van der Waals surface area contributed by atoms with Crippen molar-refractivity contribution in [2.24, 2.45) is 5.41 Å². The van der Waals surface area contributed by atoms with Crippen LogP contribution >= 0.6 is 0 Å². The molecule has 0 unspecified atom stereocenters. The van der Waals surface area contributed by atoms with Gasteiger partial charge in [0.25, 0.3) is 0 Å². The molecular formula is C13H16N4O. The average molecular weight is 244 g/mol. The highest BCUT2D eigenvalue weighted by molar-refractivity contribution is 5.64. The molecule has 94 valence electrons. The van der Waals surface area contributed by atoms with Crippen LogP contribution in [0.1, 0.15) is 32.3 Å². The number of ether oxygens (including phenoxy) is 1. The molecule has 1 aliphatic rings. The number of imidazole rings is 1. The Hall–Kier alpha value is -1.91. The van der Waals surface area contributed by atoms with Crippen LogP contribution in [-0.4, -0.2) is 19.9 Å². The van der Waals surface area contributed by atoms with E-state index >= 15 is 0 Å². The van der Waals surface area contributed by atoms with E-state index in [9.17, 15) is 0 Å². The van der Waals surface area contributed by atoms with Gasteiger partial charge < -0.3 is 9.72 Å². The summed E-state index contributed by atoms with van der Waals surface area (Å²) in [5.41, 5.74) is 2.80. The van der Waals surface area contributed by atoms with Crippen molar-refractivity contribution in [3.05, 3.63) is 23.9 Å². The summed E-state index contributed by atoms with van der Waals surface area (Å²) in [5.74, 6) is 1.55. The fraction of sp³-hybridized carbons (Fsp3) is 0.462. The number of nitrogens with zero attached hydrogens (tertiary/aromatic N) is 3. The molecule has 1 aliphatic heterocycles. The zero-order valence-electron chi connectivity index (χ0n) is 10.8. The number of aromatic amines is 1. The van der Waals surface area contributed by atoms with Gasteiger partial charge in [-0.25, -0.2) is 15.0 Å². The van der Waals surface area contributed by atoms with E-state index < -0.39 is 0 Å². The van der Waals surface area contributed by atoms with Gasteiger partial charge in [-0.2, -0.15) is 0 Å². The van der Waals surface area contributed by atoms with E-state index in [0.29, 0.717) is 12.5 Å². The predicted molar refractivity (Wildman–Crippen MR) is 67.1 cm³/mol. The molecule has 1 N–H and O–H groups in total. The molecule has 0 radical (unpaired) electrons. The van der Waals surface area contributed by atoms with Crippen molar-refractivity contribution in [1.29, 1.82) is 0 Å². The lowest BCUT2D eigenvalue weighted by atomic mass is 9.92. The molecule has 0 saturated carbocycles. The Labute approximate surface area is 106 Å². The standard InChI is InChI=1S/C13H16N4O/c1-13(2,3)6-9-16-8-7-18-12-11(10(8)17-9)14-4-5-15-12/h4-5H,6-7H2,1-3H3,(H,16,17). The molecular weight excluding hydrogens is 228 g/mol. The zero-order valence-corrected chi connectivity index (χ0v) is 10.8. The minimum atomic E-state index is 0.201. The van der Waals surface area contributed by atoms with Crippen LogP contribution in [0.5, 0.6) is 5.88 Å². The molecule has 0 fully saturated rings. The molecule has 5 nitrogen and oxygen atoms in total. The number of nitrogens with one attached hydrogen (secondary N) is 1. The van der Waals surface area contributed by atoms with Crippen LogP contribution in [-0.2, 0) is 13.0 Å². The van der Waals surface area contributed by atoms with Gasteiger partial charge in [-0.05, 0) is 5.41 Å². The van der Waals surface area contributed by atoms with E-state index in [-0.39, 0.29) is 5.41 Å². The Bertz CT molecular complexity index is 583. The van der Waals surface area contributed by atoms with E-state index in [4.69, 9.17) is 4.74 Å². The third kappa shape index (κ3) is 1.96. The third-order valence-corrected chi connectivity index (χ3v) is 2.77. The second-order valence-electron chi connectivity index (χ2n) is 5.75. The first-order chi connectivity index (χ1) is 8.53. The average Bonchev–Trinajstić information content (AvgIpc) is 2.69. The highest BCUT2D eigenvalue weighted by Gasteiger charge is 2.25. The summed E-state index contributed by atoms with van der Waals surface area (Å²) in [6.07, 6.45) is 4.19. The fourth-order valence-electron chi connectivity index (χ4n) is 2.08. The minimum absolute atomic E-state index is 0.201. The van der Waals surface area contributed by atoms with Gasteiger partial charge in [-0.1, -0.05) is 20.8 Å². The molecule has 0 aromatic carbocycles. The van der Waals surface area contributed by atoms with Gasteiger partial charge in [0.2, 0.25) is 5.88 Å². The van der Waals surface area contributed by atoms with Gasteiger partial charge >= 0.3 is 0 Å². The lowest BCUT2D eigenvalue weighted by molar-refractivity contribution is 0.284. The van der Waals surface area contributed by atoms with Crippen molar-refractivity contribution in [3.8, 4) is 17.3 Å². The zero-order chi connectivity index (χ0) is 12.8. The number of rotatable bonds is 1. The van der Waals surface area contributed by atoms with E-state index in [1.807, 2.05) is 0 Å². The molecule has 0 amide bonds.